The Morgan fingerprint density at radius 1 is 1.50 bits per heavy atom. The summed E-state index contributed by atoms with van der Waals surface area (Å²) in [6.07, 6.45) is 2.33. The van der Waals surface area contributed by atoms with Gasteiger partial charge in [-0.25, -0.2) is 4.39 Å². The molecule has 2 rings (SSSR count). The minimum atomic E-state index is -0.187. The van der Waals surface area contributed by atoms with Gasteiger partial charge in [0, 0.05) is 18.8 Å². The molecule has 16 heavy (non-hydrogen) atoms. The Hall–Kier alpha value is -1.09. The van der Waals surface area contributed by atoms with E-state index in [0.717, 1.165) is 37.4 Å². The fraction of sp³-hybridized carbons (Fsp3) is 0.538. The molecule has 1 saturated heterocycles. The van der Waals surface area contributed by atoms with Crippen molar-refractivity contribution in [3.8, 4) is 0 Å². The molecule has 1 aromatic carbocycles. The van der Waals surface area contributed by atoms with Crippen molar-refractivity contribution in [2.24, 2.45) is 5.92 Å². The molecule has 0 amide bonds. The Kier molecular flexibility index (Phi) is 3.78. The van der Waals surface area contributed by atoms with Crippen molar-refractivity contribution in [1.82, 2.24) is 0 Å². The fourth-order valence-corrected chi connectivity index (χ4v) is 2.01. The van der Waals surface area contributed by atoms with Crippen LogP contribution in [0.1, 0.15) is 18.4 Å². The smallest absolute Gasteiger partial charge is 0.125 e. The van der Waals surface area contributed by atoms with Gasteiger partial charge >= 0.3 is 0 Å². The van der Waals surface area contributed by atoms with Gasteiger partial charge in [0.2, 0.25) is 0 Å². The van der Waals surface area contributed by atoms with Gasteiger partial charge in [-0.15, -0.1) is 0 Å². The average Bonchev–Trinajstić information content (AvgIpc) is 2.32. The lowest BCUT2D eigenvalue weighted by molar-refractivity contribution is 0.0595. The molecule has 0 aliphatic carbocycles. The molecule has 1 fully saturated rings. The lowest BCUT2D eigenvalue weighted by atomic mass is 10.0. The molecule has 1 heterocycles. The van der Waals surface area contributed by atoms with Crippen molar-refractivity contribution < 1.29 is 9.13 Å². The highest BCUT2D eigenvalue weighted by atomic mass is 19.1. The van der Waals surface area contributed by atoms with Crippen molar-refractivity contribution in [1.29, 1.82) is 0 Å². The largest absolute Gasteiger partial charge is 0.384 e. The molecule has 0 bridgehead atoms. The summed E-state index contributed by atoms with van der Waals surface area (Å²) < 4.78 is 18.5. The van der Waals surface area contributed by atoms with Gasteiger partial charge in [0.05, 0.1) is 6.61 Å². The average molecular weight is 223 g/mol. The number of rotatable bonds is 3. The second-order valence-corrected chi connectivity index (χ2v) is 4.42. The maximum Gasteiger partial charge on any atom is 0.125 e. The minimum absolute atomic E-state index is 0.187. The van der Waals surface area contributed by atoms with E-state index in [1.54, 1.807) is 12.1 Å². The predicted octanol–water partition coefficient (Wildman–Crippen LogP) is 2.97. The van der Waals surface area contributed by atoms with E-state index in [1.165, 1.54) is 12.5 Å². The van der Waals surface area contributed by atoms with Gasteiger partial charge in [-0.05, 0) is 43.4 Å². The van der Waals surface area contributed by atoms with Gasteiger partial charge in [0.25, 0.3) is 0 Å². The highest BCUT2D eigenvalue weighted by Crippen LogP contribution is 2.18. The molecule has 2 nitrogen and oxygen atoms in total. The molecule has 1 N–H and O–H groups in total. The quantitative estimate of drug-likeness (QED) is 0.850. The van der Waals surface area contributed by atoms with Crippen molar-refractivity contribution in [3.05, 3.63) is 29.6 Å². The molecule has 0 radical (unpaired) electrons. The first-order valence-corrected chi connectivity index (χ1v) is 5.83. The standard InChI is InChI=1S/C13H18FNO/c1-10-4-5-12(14)7-13(10)15-8-11-3-2-6-16-9-11/h4-5,7,11,15H,2-3,6,8-9H2,1H3. The molecule has 1 aliphatic heterocycles. The van der Waals surface area contributed by atoms with Crippen LogP contribution in [0.4, 0.5) is 10.1 Å². The zero-order valence-corrected chi connectivity index (χ0v) is 9.63. The molecular weight excluding hydrogens is 205 g/mol. The van der Waals surface area contributed by atoms with E-state index in [4.69, 9.17) is 4.74 Å². The molecule has 1 atom stereocenters. The van der Waals surface area contributed by atoms with Crippen LogP contribution in [0, 0.1) is 18.7 Å². The van der Waals surface area contributed by atoms with Crippen LogP contribution in [0.2, 0.25) is 0 Å². The van der Waals surface area contributed by atoms with Gasteiger partial charge in [-0.1, -0.05) is 6.07 Å². The van der Waals surface area contributed by atoms with Gasteiger partial charge in [-0.3, -0.25) is 0 Å². The summed E-state index contributed by atoms with van der Waals surface area (Å²) in [4.78, 5) is 0. The molecule has 1 unspecified atom stereocenters. The normalized spacial score (nSPS) is 20.8. The Labute approximate surface area is 95.8 Å². The second kappa shape index (κ2) is 5.30. The lowest BCUT2D eigenvalue weighted by Crippen LogP contribution is -2.24. The first-order valence-electron chi connectivity index (χ1n) is 5.83. The van der Waals surface area contributed by atoms with Crippen LogP contribution in [-0.2, 0) is 4.74 Å². The van der Waals surface area contributed by atoms with Gasteiger partial charge in [0.15, 0.2) is 0 Å². The number of benzene rings is 1. The highest BCUT2D eigenvalue weighted by Gasteiger charge is 2.13. The summed E-state index contributed by atoms with van der Waals surface area (Å²) in [7, 11) is 0. The third-order valence-corrected chi connectivity index (χ3v) is 3.04. The maximum atomic E-state index is 13.0. The third kappa shape index (κ3) is 2.95. The molecule has 0 spiro atoms. The molecular formula is C13H18FNO. The Morgan fingerprint density at radius 3 is 3.12 bits per heavy atom. The summed E-state index contributed by atoms with van der Waals surface area (Å²) in [5, 5.41) is 3.30. The topological polar surface area (TPSA) is 21.3 Å². The minimum Gasteiger partial charge on any atom is -0.384 e. The van der Waals surface area contributed by atoms with Crippen LogP contribution in [0.3, 0.4) is 0 Å². The molecule has 3 heteroatoms. The van der Waals surface area contributed by atoms with Gasteiger partial charge in [0.1, 0.15) is 5.82 Å². The van der Waals surface area contributed by atoms with E-state index in [2.05, 4.69) is 5.32 Å². The maximum absolute atomic E-state index is 13.0. The molecule has 1 aromatic rings. The molecule has 1 aliphatic rings. The van der Waals surface area contributed by atoms with Crippen LogP contribution in [0.5, 0.6) is 0 Å². The number of nitrogens with one attached hydrogen (secondary N) is 1. The van der Waals surface area contributed by atoms with Crippen molar-refractivity contribution in [2.45, 2.75) is 19.8 Å². The van der Waals surface area contributed by atoms with Gasteiger partial charge < -0.3 is 10.1 Å². The lowest BCUT2D eigenvalue weighted by Gasteiger charge is -2.23. The number of aryl methyl sites for hydroxylation is 1. The third-order valence-electron chi connectivity index (χ3n) is 3.04. The Balaban J connectivity index is 1.90. The van der Waals surface area contributed by atoms with Crippen LogP contribution in [0.25, 0.3) is 0 Å². The van der Waals surface area contributed by atoms with Crippen molar-refractivity contribution in [2.75, 3.05) is 25.1 Å². The highest BCUT2D eigenvalue weighted by molar-refractivity contribution is 5.50. The first-order chi connectivity index (χ1) is 7.75. The van der Waals surface area contributed by atoms with E-state index in [0.29, 0.717) is 5.92 Å². The molecule has 88 valence electrons. The van der Waals surface area contributed by atoms with Crippen molar-refractivity contribution in [3.63, 3.8) is 0 Å². The monoisotopic (exact) mass is 223 g/mol. The number of anilines is 1. The van der Waals surface area contributed by atoms with E-state index >= 15 is 0 Å². The zero-order valence-electron chi connectivity index (χ0n) is 9.63. The predicted molar refractivity (Wildman–Crippen MR) is 63.2 cm³/mol. The summed E-state index contributed by atoms with van der Waals surface area (Å²) in [6, 6.07) is 4.85. The summed E-state index contributed by atoms with van der Waals surface area (Å²) in [5.41, 5.74) is 1.98. The van der Waals surface area contributed by atoms with Crippen LogP contribution in [0.15, 0.2) is 18.2 Å². The van der Waals surface area contributed by atoms with Crippen LogP contribution in [-0.4, -0.2) is 19.8 Å². The van der Waals surface area contributed by atoms with Gasteiger partial charge in [-0.2, -0.15) is 0 Å². The second-order valence-electron chi connectivity index (χ2n) is 4.42. The summed E-state index contributed by atoms with van der Waals surface area (Å²) in [5.74, 6) is 0.365. The van der Waals surface area contributed by atoms with E-state index in [9.17, 15) is 4.39 Å². The first kappa shape index (κ1) is 11.4. The van der Waals surface area contributed by atoms with Crippen LogP contribution < -0.4 is 5.32 Å². The SMILES string of the molecule is Cc1ccc(F)cc1NCC1CCCOC1. The summed E-state index contributed by atoms with van der Waals surface area (Å²) >= 11 is 0. The van der Waals surface area contributed by atoms with Crippen LogP contribution >= 0.6 is 0 Å². The van der Waals surface area contributed by atoms with Crippen molar-refractivity contribution >= 4 is 5.69 Å². The number of ether oxygens (including phenoxy) is 1. The Bertz CT molecular complexity index is 348. The Morgan fingerprint density at radius 2 is 2.38 bits per heavy atom. The molecule has 0 aromatic heterocycles. The van der Waals surface area contributed by atoms with E-state index in [-0.39, 0.29) is 5.82 Å². The zero-order chi connectivity index (χ0) is 11.4. The summed E-state index contributed by atoms with van der Waals surface area (Å²) in [6.45, 7) is 4.56. The molecule has 0 saturated carbocycles. The van der Waals surface area contributed by atoms with E-state index in [1.807, 2.05) is 6.92 Å². The number of hydrogen-bond donors (Lipinski definition) is 1. The fourth-order valence-electron chi connectivity index (χ4n) is 2.01. The number of halogens is 1. The van der Waals surface area contributed by atoms with E-state index < -0.39 is 0 Å². The number of hydrogen-bond acceptors (Lipinski definition) is 2.